The maximum absolute atomic E-state index is 12.2. The van der Waals surface area contributed by atoms with Crippen LogP contribution in [0.5, 0.6) is 5.75 Å². The van der Waals surface area contributed by atoms with Crippen LogP contribution >= 0.6 is 0 Å². The maximum Gasteiger partial charge on any atom is 0.225 e. The summed E-state index contributed by atoms with van der Waals surface area (Å²) >= 11 is 0. The van der Waals surface area contributed by atoms with Crippen LogP contribution in [0.4, 0.5) is 0 Å². The van der Waals surface area contributed by atoms with E-state index >= 15 is 0 Å². The van der Waals surface area contributed by atoms with Gasteiger partial charge in [-0.05, 0) is 37.5 Å². The van der Waals surface area contributed by atoms with E-state index in [1.165, 1.54) is 0 Å². The van der Waals surface area contributed by atoms with Crippen molar-refractivity contribution in [1.29, 1.82) is 0 Å². The van der Waals surface area contributed by atoms with Gasteiger partial charge in [-0.15, -0.1) is 0 Å². The molecule has 0 aliphatic rings. The highest BCUT2D eigenvalue weighted by atomic mass is 16.5. The Morgan fingerprint density at radius 2 is 1.74 bits per heavy atom. The molecule has 0 fully saturated rings. The van der Waals surface area contributed by atoms with Gasteiger partial charge in [0.2, 0.25) is 5.91 Å². The Morgan fingerprint density at radius 1 is 1.16 bits per heavy atom. The van der Waals surface area contributed by atoms with Gasteiger partial charge in [-0.3, -0.25) is 4.79 Å². The highest BCUT2D eigenvalue weighted by molar-refractivity contribution is 5.78. The van der Waals surface area contributed by atoms with Gasteiger partial charge < -0.3 is 9.64 Å². The SMILES string of the molecule is CCOc1ccc(CN(C)C(=O)C(CC)CC)cc1. The summed E-state index contributed by atoms with van der Waals surface area (Å²) in [5.74, 6) is 1.26. The van der Waals surface area contributed by atoms with Crippen molar-refractivity contribution in [3.8, 4) is 5.75 Å². The number of carbonyl (C=O) groups is 1. The number of hydrogen-bond acceptors (Lipinski definition) is 2. The summed E-state index contributed by atoms with van der Waals surface area (Å²) < 4.78 is 5.41. The molecule has 3 nitrogen and oxygen atoms in total. The minimum atomic E-state index is 0.146. The Labute approximate surface area is 116 Å². The van der Waals surface area contributed by atoms with Crippen LogP contribution in [-0.2, 0) is 11.3 Å². The van der Waals surface area contributed by atoms with Crippen LogP contribution in [0.25, 0.3) is 0 Å². The lowest BCUT2D eigenvalue weighted by Gasteiger charge is -2.22. The molecule has 19 heavy (non-hydrogen) atoms. The zero-order valence-corrected chi connectivity index (χ0v) is 12.5. The maximum atomic E-state index is 12.2. The van der Waals surface area contributed by atoms with Crippen molar-refractivity contribution in [1.82, 2.24) is 4.90 Å². The molecule has 1 aromatic carbocycles. The Balaban J connectivity index is 2.60. The molecule has 0 aliphatic carbocycles. The average molecular weight is 263 g/mol. The third-order valence-electron chi connectivity index (χ3n) is 3.37. The van der Waals surface area contributed by atoms with Crippen molar-refractivity contribution < 1.29 is 9.53 Å². The lowest BCUT2D eigenvalue weighted by molar-refractivity contribution is -0.134. The van der Waals surface area contributed by atoms with Gasteiger partial charge in [0, 0.05) is 19.5 Å². The van der Waals surface area contributed by atoms with Gasteiger partial charge in [0.05, 0.1) is 6.61 Å². The Hall–Kier alpha value is -1.51. The summed E-state index contributed by atoms with van der Waals surface area (Å²) in [5.41, 5.74) is 1.13. The largest absolute Gasteiger partial charge is 0.494 e. The topological polar surface area (TPSA) is 29.5 Å². The molecule has 0 aliphatic heterocycles. The van der Waals surface area contributed by atoms with Crippen molar-refractivity contribution in [2.24, 2.45) is 5.92 Å². The van der Waals surface area contributed by atoms with Crippen LogP contribution in [0.15, 0.2) is 24.3 Å². The zero-order valence-electron chi connectivity index (χ0n) is 12.5. The molecule has 106 valence electrons. The highest BCUT2D eigenvalue weighted by Gasteiger charge is 2.18. The Kier molecular flexibility index (Phi) is 6.40. The number of ether oxygens (including phenoxy) is 1. The molecule has 0 saturated carbocycles. The van der Waals surface area contributed by atoms with Gasteiger partial charge >= 0.3 is 0 Å². The molecule has 0 N–H and O–H groups in total. The van der Waals surface area contributed by atoms with Gasteiger partial charge in [0.15, 0.2) is 0 Å². The van der Waals surface area contributed by atoms with Crippen molar-refractivity contribution >= 4 is 5.91 Å². The number of benzene rings is 1. The molecule has 3 heteroatoms. The van der Waals surface area contributed by atoms with E-state index in [0.717, 1.165) is 24.2 Å². The van der Waals surface area contributed by atoms with Crippen LogP contribution in [0.2, 0.25) is 0 Å². The van der Waals surface area contributed by atoms with Crippen molar-refractivity contribution in [3.63, 3.8) is 0 Å². The fraction of sp³-hybridized carbons (Fsp3) is 0.562. The van der Waals surface area contributed by atoms with Gasteiger partial charge in [-0.25, -0.2) is 0 Å². The first-order valence-electron chi connectivity index (χ1n) is 7.09. The van der Waals surface area contributed by atoms with Crippen LogP contribution < -0.4 is 4.74 Å². The number of rotatable bonds is 7. The Bertz CT molecular complexity index is 382. The van der Waals surface area contributed by atoms with Gasteiger partial charge in [-0.2, -0.15) is 0 Å². The first-order valence-corrected chi connectivity index (χ1v) is 7.09. The second kappa shape index (κ2) is 7.82. The van der Waals surface area contributed by atoms with Crippen LogP contribution in [0.1, 0.15) is 39.2 Å². The molecular formula is C16H25NO2. The fourth-order valence-corrected chi connectivity index (χ4v) is 2.16. The van der Waals surface area contributed by atoms with Crippen molar-refractivity contribution in [3.05, 3.63) is 29.8 Å². The molecule has 0 saturated heterocycles. The van der Waals surface area contributed by atoms with E-state index in [2.05, 4.69) is 13.8 Å². The summed E-state index contributed by atoms with van der Waals surface area (Å²) in [4.78, 5) is 14.0. The van der Waals surface area contributed by atoms with Crippen LogP contribution in [-0.4, -0.2) is 24.5 Å². The fourth-order valence-electron chi connectivity index (χ4n) is 2.16. The second-order valence-electron chi connectivity index (χ2n) is 4.78. The van der Waals surface area contributed by atoms with Gasteiger partial charge in [0.25, 0.3) is 0 Å². The van der Waals surface area contributed by atoms with Crippen LogP contribution in [0.3, 0.4) is 0 Å². The van der Waals surface area contributed by atoms with E-state index in [-0.39, 0.29) is 11.8 Å². The summed E-state index contributed by atoms with van der Waals surface area (Å²) in [6.07, 6.45) is 1.81. The van der Waals surface area contributed by atoms with E-state index in [1.54, 1.807) is 0 Å². The number of hydrogen-bond donors (Lipinski definition) is 0. The molecule has 1 rings (SSSR count). The number of amides is 1. The average Bonchev–Trinajstić information content (AvgIpc) is 2.42. The van der Waals surface area contributed by atoms with Crippen molar-refractivity contribution in [2.75, 3.05) is 13.7 Å². The predicted octanol–water partition coefficient (Wildman–Crippen LogP) is 3.48. The normalized spacial score (nSPS) is 10.6. The second-order valence-corrected chi connectivity index (χ2v) is 4.78. The first kappa shape index (κ1) is 15.5. The van der Waals surface area contributed by atoms with E-state index in [0.29, 0.717) is 13.2 Å². The standard InChI is InChI=1S/C16H25NO2/c1-5-14(6-2)16(18)17(4)12-13-8-10-15(11-9-13)19-7-3/h8-11,14H,5-7,12H2,1-4H3. The molecule has 1 amide bonds. The summed E-state index contributed by atoms with van der Waals surface area (Å²) in [7, 11) is 1.87. The highest BCUT2D eigenvalue weighted by Crippen LogP contribution is 2.16. The first-order chi connectivity index (χ1) is 9.12. The molecule has 1 aromatic rings. The van der Waals surface area contributed by atoms with E-state index in [1.807, 2.05) is 43.1 Å². The van der Waals surface area contributed by atoms with Crippen LogP contribution in [0, 0.1) is 5.92 Å². The molecule has 0 unspecified atom stereocenters. The van der Waals surface area contributed by atoms with E-state index in [4.69, 9.17) is 4.74 Å². The summed E-state index contributed by atoms with van der Waals surface area (Å²) in [6.45, 7) is 7.43. The third kappa shape index (κ3) is 4.58. The number of nitrogens with zero attached hydrogens (tertiary/aromatic N) is 1. The summed E-state index contributed by atoms with van der Waals surface area (Å²) in [5, 5.41) is 0. The molecule has 0 spiro atoms. The minimum Gasteiger partial charge on any atom is -0.494 e. The van der Waals surface area contributed by atoms with Crippen molar-refractivity contribution in [2.45, 2.75) is 40.2 Å². The summed E-state index contributed by atoms with van der Waals surface area (Å²) in [6, 6.07) is 7.94. The molecule has 0 atom stereocenters. The van der Waals surface area contributed by atoms with Gasteiger partial charge in [-0.1, -0.05) is 26.0 Å². The molecular weight excluding hydrogens is 238 g/mol. The quantitative estimate of drug-likeness (QED) is 0.753. The Morgan fingerprint density at radius 3 is 2.21 bits per heavy atom. The molecule has 0 aromatic heterocycles. The third-order valence-corrected chi connectivity index (χ3v) is 3.37. The lowest BCUT2D eigenvalue weighted by Crippen LogP contribution is -2.32. The molecule has 0 bridgehead atoms. The predicted molar refractivity (Wildman–Crippen MR) is 78.2 cm³/mol. The van der Waals surface area contributed by atoms with E-state index < -0.39 is 0 Å². The monoisotopic (exact) mass is 263 g/mol. The molecule has 0 heterocycles. The van der Waals surface area contributed by atoms with E-state index in [9.17, 15) is 4.79 Å². The smallest absolute Gasteiger partial charge is 0.225 e. The minimum absolute atomic E-state index is 0.146. The lowest BCUT2D eigenvalue weighted by atomic mass is 10.0. The number of carbonyl (C=O) groups excluding carboxylic acids is 1. The van der Waals surface area contributed by atoms with Gasteiger partial charge in [0.1, 0.15) is 5.75 Å². The zero-order chi connectivity index (χ0) is 14.3. The molecule has 0 radical (unpaired) electrons.